The summed E-state index contributed by atoms with van der Waals surface area (Å²) in [6.45, 7) is 0. The molecule has 0 bridgehead atoms. The third kappa shape index (κ3) is 3.42. The summed E-state index contributed by atoms with van der Waals surface area (Å²) in [5.74, 6) is -2.61. The molecule has 0 saturated carbocycles. The van der Waals surface area contributed by atoms with Crippen LogP contribution in [0.4, 0.5) is 10.1 Å². The van der Waals surface area contributed by atoms with Gasteiger partial charge in [0.1, 0.15) is 11.0 Å². The highest BCUT2D eigenvalue weighted by Gasteiger charge is 2.18. The third-order valence-electron chi connectivity index (χ3n) is 2.35. The first kappa shape index (κ1) is 14.7. The van der Waals surface area contributed by atoms with Gasteiger partial charge in [-0.3, -0.25) is 10.1 Å². The molecule has 108 valence electrons. The first-order chi connectivity index (χ1) is 9.86. The highest BCUT2D eigenvalue weighted by molar-refractivity contribution is 6.29. The van der Waals surface area contributed by atoms with E-state index in [1.54, 1.807) is 0 Å². The predicted molar refractivity (Wildman–Crippen MR) is 69.3 cm³/mol. The molecular formula is C12H6ClFN2O5. The second-order valence-corrected chi connectivity index (χ2v) is 4.18. The van der Waals surface area contributed by atoms with E-state index in [4.69, 9.17) is 21.4 Å². The number of aromatic nitrogens is 1. The van der Waals surface area contributed by atoms with Crippen LogP contribution in [0.3, 0.4) is 0 Å². The summed E-state index contributed by atoms with van der Waals surface area (Å²) >= 11 is 5.64. The van der Waals surface area contributed by atoms with Gasteiger partial charge < -0.3 is 9.84 Å². The van der Waals surface area contributed by atoms with Gasteiger partial charge in [0.15, 0.2) is 0 Å². The molecule has 0 atom stereocenters. The van der Waals surface area contributed by atoms with Crippen LogP contribution < -0.4 is 4.74 Å². The number of pyridine rings is 1. The van der Waals surface area contributed by atoms with Crippen LogP contribution in [-0.2, 0) is 0 Å². The van der Waals surface area contributed by atoms with Gasteiger partial charge in [0.05, 0.1) is 16.6 Å². The molecule has 1 heterocycles. The molecule has 7 nitrogen and oxygen atoms in total. The van der Waals surface area contributed by atoms with Crippen molar-refractivity contribution >= 4 is 23.3 Å². The number of carbonyl (C=O) groups is 1. The van der Waals surface area contributed by atoms with E-state index < -0.39 is 22.4 Å². The van der Waals surface area contributed by atoms with Crippen LogP contribution >= 0.6 is 11.6 Å². The molecule has 1 N–H and O–H groups in total. The predicted octanol–water partition coefficient (Wildman–Crippen LogP) is 3.27. The van der Waals surface area contributed by atoms with Crippen LogP contribution in [0.2, 0.25) is 5.15 Å². The molecule has 0 radical (unpaired) electrons. The maximum atomic E-state index is 13.0. The molecule has 0 fully saturated rings. The molecule has 21 heavy (non-hydrogen) atoms. The minimum Gasteiger partial charge on any atom is -0.478 e. The van der Waals surface area contributed by atoms with E-state index in [-0.39, 0.29) is 22.3 Å². The number of hydrogen-bond donors (Lipinski definition) is 1. The van der Waals surface area contributed by atoms with Gasteiger partial charge in [0.25, 0.3) is 0 Å². The van der Waals surface area contributed by atoms with Gasteiger partial charge in [-0.1, -0.05) is 11.6 Å². The average molecular weight is 313 g/mol. The molecule has 0 unspecified atom stereocenters. The van der Waals surface area contributed by atoms with E-state index in [2.05, 4.69) is 4.98 Å². The maximum absolute atomic E-state index is 13.0. The number of hydrogen-bond acceptors (Lipinski definition) is 5. The number of rotatable bonds is 4. The van der Waals surface area contributed by atoms with Gasteiger partial charge in [0.2, 0.25) is 11.6 Å². The summed E-state index contributed by atoms with van der Waals surface area (Å²) < 4.78 is 18.1. The van der Waals surface area contributed by atoms with Crippen LogP contribution in [0.15, 0.2) is 30.3 Å². The molecule has 0 amide bonds. The first-order valence-electron chi connectivity index (χ1n) is 5.39. The van der Waals surface area contributed by atoms with Gasteiger partial charge in [-0.2, -0.15) is 0 Å². The van der Waals surface area contributed by atoms with Crippen molar-refractivity contribution in [2.75, 3.05) is 0 Å². The fourth-order valence-corrected chi connectivity index (χ4v) is 1.68. The number of halogens is 2. The van der Waals surface area contributed by atoms with E-state index in [9.17, 15) is 19.3 Å². The van der Waals surface area contributed by atoms with E-state index >= 15 is 0 Å². The Morgan fingerprint density at radius 2 is 2.10 bits per heavy atom. The highest BCUT2D eigenvalue weighted by atomic mass is 35.5. The Kier molecular flexibility index (Phi) is 3.99. The Labute approximate surface area is 121 Å². The van der Waals surface area contributed by atoms with Gasteiger partial charge in [-0.25, -0.2) is 14.2 Å². The van der Waals surface area contributed by atoms with Crippen LogP contribution in [0, 0.1) is 15.9 Å². The monoisotopic (exact) mass is 312 g/mol. The Bertz CT molecular complexity index is 738. The number of carboxylic acid groups (broad SMARTS) is 1. The van der Waals surface area contributed by atoms with Crippen LogP contribution in [-0.4, -0.2) is 21.0 Å². The fourth-order valence-electron chi connectivity index (χ4n) is 1.48. The second kappa shape index (κ2) is 5.71. The fraction of sp³-hybridized carbons (Fsp3) is 0. The summed E-state index contributed by atoms with van der Waals surface area (Å²) in [7, 11) is 0. The molecular weight excluding hydrogens is 307 g/mol. The Hall–Kier alpha value is -2.74. The molecule has 0 aliphatic rings. The number of nitro benzene ring substituents is 1. The van der Waals surface area contributed by atoms with Crippen molar-refractivity contribution in [2.45, 2.75) is 0 Å². The molecule has 2 aromatic rings. The van der Waals surface area contributed by atoms with Crippen LogP contribution in [0.25, 0.3) is 0 Å². The normalized spacial score (nSPS) is 10.2. The zero-order valence-electron chi connectivity index (χ0n) is 10.1. The average Bonchev–Trinajstić information content (AvgIpc) is 2.40. The van der Waals surface area contributed by atoms with Crippen LogP contribution in [0.5, 0.6) is 11.6 Å². The van der Waals surface area contributed by atoms with Crippen molar-refractivity contribution in [1.29, 1.82) is 0 Å². The molecule has 0 aliphatic carbocycles. The molecule has 0 saturated heterocycles. The van der Waals surface area contributed by atoms with E-state index in [0.717, 1.165) is 24.3 Å². The number of nitrogens with zero attached hydrogens (tertiary/aromatic N) is 2. The third-order valence-corrected chi connectivity index (χ3v) is 2.54. The lowest BCUT2D eigenvalue weighted by atomic mass is 10.2. The van der Waals surface area contributed by atoms with E-state index in [1.807, 2.05) is 0 Å². The van der Waals surface area contributed by atoms with E-state index in [0.29, 0.717) is 6.07 Å². The van der Waals surface area contributed by atoms with Crippen molar-refractivity contribution in [3.8, 4) is 11.6 Å². The van der Waals surface area contributed by atoms with Gasteiger partial charge in [0, 0.05) is 6.07 Å². The Morgan fingerprint density at radius 3 is 2.71 bits per heavy atom. The molecule has 1 aromatic heterocycles. The SMILES string of the molecule is O=C(O)c1cc(Cl)nc(Oc2ccc(F)cc2[N+](=O)[O-])c1. The lowest BCUT2D eigenvalue weighted by molar-refractivity contribution is -0.385. The van der Waals surface area contributed by atoms with Crippen molar-refractivity contribution in [3.05, 3.63) is 57.0 Å². The highest BCUT2D eigenvalue weighted by Crippen LogP contribution is 2.31. The number of benzene rings is 1. The molecule has 2 rings (SSSR count). The number of ether oxygens (including phenoxy) is 1. The minimum atomic E-state index is -1.27. The summed E-state index contributed by atoms with van der Waals surface area (Å²) in [5, 5.41) is 19.5. The van der Waals surface area contributed by atoms with Crippen molar-refractivity contribution in [2.24, 2.45) is 0 Å². The summed E-state index contributed by atoms with van der Waals surface area (Å²) in [5.41, 5.74) is -0.816. The number of nitro groups is 1. The summed E-state index contributed by atoms with van der Waals surface area (Å²) in [6.07, 6.45) is 0. The Morgan fingerprint density at radius 1 is 1.38 bits per heavy atom. The van der Waals surface area contributed by atoms with Crippen LogP contribution in [0.1, 0.15) is 10.4 Å². The Balaban J connectivity index is 2.43. The van der Waals surface area contributed by atoms with Gasteiger partial charge in [-0.05, 0) is 18.2 Å². The summed E-state index contributed by atoms with van der Waals surface area (Å²) in [6, 6.07) is 4.82. The lowest BCUT2D eigenvalue weighted by Crippen LogP contribution is -2.00. The largest absolute Gasteiger partial charge is 0.478 e. The molecule has 0 spiro atoms. The zero-order valence-corrected chi connectivity index (χ0v) is 10.9. The maximum Gasteiger partial charge on any atom is 0.335 e. The smallest absolute Gasteiger partial charge is 0.335 e. The number of carboxylic acids is 1. The molecule has 1 aromatic carbocycles. The topological polar surface area (TPSA) is 103 Å². The second-order valence-electron chi connectivity index (χ2n) is 3.79. The van der Waals surface area contributed by atoms with E-state index in [1.165, 1.54) is 0 Å². The van der Waals surface area contributed by atoms with Crippen molar-refractivity contribution < 1.29 is 24.0 Å². The zero-order chi connectivity index (χ0) is 15.6. The van der Waals surface area contributed by atoms with Crippen molar-refractivity contribution in [1.82, 2.24) is 4.98 Å². The summed E-state index contributed by atoms with van der Waals surface area (Å²) in [4.78, 5) is 24.6. The van der Waals surface area contributed by atoms with Crippen molar-refractivity contribution in [3.63, 3.8) is 0 Å². The van der Waals surface area contributed by atoms with Gasteiger partial charge >= 0.3 is 11.7 Å². The standard InChI is InChI=1S/C12H6ClFN2O5/c13-10-3-6(12(17)18)4-11(15-10)21-9-2-1-7(14)5-8(9)16(19)20/h1-5H,(H,17,18). The van der Waals surface area contributed by atoms with Gasteiger partial charge in [-0.15, -0.1) is 0 Å². The molecule has 9 heteroatoms. The molecule has 0 aliphatic heterocycles. The quantitative estimate of drug-likeness (QED) is 0.528. The first-order valence-corrected chi connectivity index (χ1v) is 5.77. The number of aromatic carboxylic acids is 1. The lowest BCUT2D eigenvalue weighted by Gasteiger charge is -2.06. The minimum absolute atomic E-state index is 0.158.